The average molecular weight is 353 g/mol. The summed E-state index contributed by atoms with van der Waals surface area (Å²) in [5.74, 6) is 0.395. The van der Waals surface area contributed by atoms with Crippen molar-refractivity contribution in [2.75, 3.05) is 5.75 Å². The summed E-state index contributed by atoms with van der Waals surface area (Å²) in [4.78, 5) is 27.8. The summed E-state index contributed by atoms with van der Waals surface area (Å²) >= 11 is 0.915. The number of esters is 1. The number of oxazole rings is 1. The Labute approximate surface area is 149 Å². The molecular formula is C19H15NO4S. The predicted molar refractivity (Wildman–Crippen MR) is 95.0 cm³/mol. The van der Waals surface area contributed by atoms with Gasteiger partial charge in [-0.15, -0.1) is 0 Å². The van der Waals surface area contributed by atoms with Gasteiger partial charge in [0.15, 0.2) is 12.4 Å². The van der Waals surface area contributed by atoms with Gasteiger partial charge in [-0.25, -0.2) is 4.98 Å². The first kappa shape index (κ1) is 17.0. The fraction of sp³-hybridized carbons (Fsp3) is 0.105. The first-order valence-electron chi connectivity index (χ1n) is 7.60. The van der Waals surface area contributed by atoms with Crippen LogP contribution >= 0.6 is 11.8 Å². The lowest BCUT2D eigenvalue weighted by Crippen LogP contribution is -2.09. The highest BCUT2D eigenvalue weighted by Crippen LogP contribution is 2.19. The van der Waals surface area contributed by atoms with Crippen molar-refractivity contribution in [1.82, 2.24) is 4.98 Å². The Balaban J connectivity index is 1.47. The normalized spacial score (nSPS) is 10.4. The molecule has 0 fully saturated rings. The van der Waals surface area contributed by atoms with E-state index in [0.717, 1.165) is 17.3 Å². The van der Waals surface area contributed by atoms with E-state index in [4.69, 9.17) is 9.15 Å². The van der Waals surface area contributed by atoms with Crippen LogP contribution in [0.5, 0.6) is 0 Å². The number of carbonyl (C=O) groups excluding carboxylic acids is 2. The third kappa shape index (κ3) is 4.81. The molecule has 0 radical (unpaired) electrons. The molecule has 126 valence electrons. The zero-order valence-corrected chi connectivity index (χ0v) is 14.1. The molecule has 0 saturated heterocycles. The van der Waals surface area contributed by atoms with Crippen LogP contribution in [0, 0.1) is 0 Å². The Bertz CT molecular complexity index is 846. The van der Waals surface area contributed by atoms with E-state index in [-0.39, 0.29) is 17.5 Å². The second-order valence-corrected chi connectivity index (χ2v) is 6.05. The number of carbonyl (C=O) groups is 2. The van der Waals surface area contributed by atoms with E-state index >= 15 is 0 Å². The van der Waals surface area contributed by atoms with Crippen LogP contribution in [0.25, 0.3) is 11.5 Å². The first-order chi connectivity index (χ1) is 12.2. The van der Waals surface area contributed by atoms with Crippen LogP contribution in [0.15, 0.2) is 71.3 Å². The standard InChI is InChI=1S/C19H15NO4S/c21-17(13-25-19(22)15-9-5-2-6-10-15)23-12-16-11-20-18(24-16)14-7-3-1-4-8-14/h1-11H,12-13H2. The van der Waals surface area contributed by atoms with E-state index in [1.807, 2.05) is 36.4 Å². The molecular weight excluding hydrogens is 338 g/mol. The van der Waals surface area contributed by atoms with Crippen LogP contribution < -0.4 is 0 Å². The molecule has 0 atom stereocenters. The third-order valence-corrected chi connectivity index (χ3v) is 4.16. The van der Waals surface area contributed by atoms with Gasteiger partial charge in [-0.2, -0.15) is 0 Å². The zero-order valence-electron chi connectivity index (χ0n) is 13.3. The zero-order chi connectivity index (χ0) is 17.5. The van der Waals surface area contributed by atoms with Gasteiger partial charge in [-0.1, -0.05) is 60.3 Å². The Morgan fingerprint density at radius 3 is 2.40 bits per heavy atom. The largest absolute Gasteiger partial charge is 0.457 e. The van der Waals surface area contributed by atoms with Gasteiger partial charge in [0.05, 0.1) is 11.9 Å². The molecule has 0 amide bonds. The van der Waals surface area contributed by atoms with E-state index in [2.05, 4.69) is 4.98 Å². The topological polar surface area (TPSA) is 69.4 Å². The lowest BCUT2D eigenvalue weighted by molar-refractivity contribution is -0.142. The summed E-state index contributed by atoms with van der Waals surface area (Å²) in [7, 11) is 0. The summed E-state index contributed by atoms with van der Waals surface area (Å²) in [5.41, 5.74) is 1.41. The molecule has 2 aromatic carbocycles. The molecule has 0 spiro atoms. The molecule has 3 rings (SSSR count). The van der Waals surface area contributed by atoms with Gasteiger partial charge < -0.3 is 9.15 Å². The maximum absolute atomic E-state index is 11.9. The smallest absolute Gasteiger partial charge is 0.316 e. The van der Waals surface area contributed by atoms with Gasteiger partial charge in [0.1, 0.15) is 0 Å². The maximum Gasteiger partial charge on any atom is 0.316 e. The molecule has 5 nitrogen and oxygen atoms in total. The molecule has 1 heterocycles. The molecule has 0 bridgehead atoms. The van der Waals surface area contributed by atoms with Gasteiger partial charge in [-0.05, 0) is 12.1 Å². The predicted octanol–water partition coefficient (Wildman–Crippen LogP) is 3.96. The van der Waals surface area contributed by atoms with Gasteiger partial charge in [0, 0.05) is 11.1 Å². The van der Waals surface area contributed by atoms with Crippen LogP contribution in [0.2, 0.25) is 0 Å². The molecule has 0 aliphatic heterocycles. The SMILES string of the molecule is O=C(CSC(=O)c1ccccc1)OCc1cnc(-c2ccccc2)o1. The number of benzene rings is 2. The summed E-state index contributed by atoms with van der Waals surface area (Å²) < 4.78 is 10.7. The molecule has 0 aliphatic rings. The van der Waals surface area contributed by atoms with E-state index in [1.54, 1.807) is 24.3 Å². The number of nitrogens with zero attached hydrogens (tertiary/aromatic N) is 1. The molecule has 1 aromatic heterocycles. The lowest BCUT2D eigenvalue weighted by Gasteiger charge is -2.02. The van der Waals surface area contributed by atoms with Crippen molar-refractivity contribution in [3.8, 4) is 11.5 Å². The van der Waals surface area contributed by atoms with Crippen LogP contribution in [0.1, 0.15) is 16.1 Å². The van der Waals surface area contributed by atoms with Crippen molar-refractivity contribution < 1.29 is 18.7 Å². The Morgan fingerprint density at radius 2 is 1.68 bits per heavy atom. The van der Waals surface area contributed by atoms with Gasteiger partial charge >= 0.3 is 5.97 Å². The highest BCUT2D eigenvalue weighted by atomic mass is 32.2. The second-order valence-electron chi connectivity index (χ2n) is 5.10. The Hall–Kier alpha value is -2.86. The molecule has 25 heavy (non-hydrogen) atoms. The van der Waals surface area contributed by atoms with Crippen LogP contribution in [0.4, 0.5) is 0 Å². The Morgan fingerprint density at radius 1 is 1.00 bits per heavy atom. The minimum Gasteiger partial charge on any atom is -0.457 e. The van der Waals surface area contributed by atoms with Gasteiger partial charge in [-0.3, -0.25) is 9.59 Å². The number of thioether (sulfide) groups is 1. The molecule has 6 heteroatoms. The summed E-state index contributed by atoms with van der Waals surface area (Å²) in [6.07, 6.45) is 1.53. The quantitative estimate of drug-likeness (QED) is 0.625. The minimum absolute atomic E-state index is 0.0151. The third-order valence-electron chi connectivity index (χ3n) is 3.28. The fourth-order valence-corrected chi connectivity index (χ4v) is 2.70. The van der Waals surface area contributed by atoms with Gasteiger partial charge in [0.25, 0.3) is 0 Å². The molecule has 0 aliphatic carbocycles. The number of hydrogen-bond acceptors (Lipinski definition) is 6. The van der Waals surface area contributed by atoms with E-state index in [9.17, 15) is 9.59 Å². The monoisotopic (exact) mass is 353 g/mol. The van der Waals surface area contributed by atoms with Crippen molar-refractivity contribution >= 4 is 22.8 Å². The molecule has 0 saturated carbocycles. The minimum atomic E-state index is -0.480. The number of ether oxygens (including phenoxy) is 1. The second kappa shape index (κ2) is 8.30. The van der Waals surface area contributed by atoms with Crippen molar-refractivity contribution in [1.29, 1.82) is 0 Å². The Kier molecular flexibility index (Phi) is 5.64. The average Bonchev–Trinajstić information content (AvgIpc) is 3.15. The summed E-state index contributed by atoms with van der Waals surface area (Å²) in [6, 6.07) is 18.3. The number of aromatic nitrogens is 1. The number of rotatable bonds is 6. The van der Waals surface area contributed by atoms with Crippen molar-refractivity contribution in [2.24, 2.45) is 0 Å². The summed E-state index contributed by atoms with van der Waals surface area (Å²) in [6.45, 7) is -0.0151. The molecule has 0 unspecified atom stereocenters. The summed E-state index contributed by atoms with van der Waals surface area (Å²) in [5, 5.41) is -0.163. The van der Waals surface area contributed by atoms with Crippen molar-refractivity contribution in [3.63, 3.8) is 0 Å². The molecule has 3 aromatic rings. The van der Waals surface area contributed by atoms with E-state index in [1.165, 1.54) is 6.20 Å². The van der Waals surface area contributed by atoms with Gasteiger partial charge in [0.2, 0.25) is 11.0 Å². The van der Waals surface area contributed by atoms with E-state index in [0.29, 0.717) is 17.2 Å². The first-order valence-corrected chi connectivity index (χ1v) is 8.59. The van der Waals surface area contributed by atoms with Crippen LogP contribution in [-0.2, 0) is 16.1 Å². The highest BCUT2D eigenvalue weighted by molar-refractivity contribution is 8.14. The maximum atomic E-state index is 11.9. The molecule has 0 N–H and O–H groups in total. The fourth-order valence-electron chi connectivity index (χ4n) is 2.06. The van der Waals surface area contributed by atoms with Crippen molar-refractivity contribution in [3.05, 3.63) is 78.2 Å². The van der Waals surface area contributed by atoms with Crippen molar-refractivity contribution in [2.45, 2.75) is 6.61 Å². The van der Waals surface area contributed by atoms with Crippen LogP contribution in [-0.4, -0.2) is 21.8 Å². The lowest BCUT2D eigenvalue weighted by atomic mass is 10.2. The number of hydrogen-bond donors (Lipinski definition) is 0. The van der Waals surface area contributed by atoms with Crippen LogP contribution in [0.3, 0.4) is 0 Å². The highest BCUT2D eigenvalue weighted by Gasteiger charge is 2.12. The van der Waals surface area contributed by atoms with E-state index < -0.39 is 5.97 Å².